The third kappa shape index (κ3) is 4.81. The summed E-state index contributed by atoms with van der Waals surface area (Å²) in [5.74, 6) is 1.47. The van der Waals surface area contributed by atoms with Gasteiger partial charge in [0.25, 0.3) is 11.5 Å². The molecule has 4 heterocycles. The number of thioether (sulfide) groups is 1. The fourth-order valence-electron chi connectivity index (χ4n) is 3.94. The summed E-state index contributed by atoms with van der Waals surface area (Å²) < 4.78 is 17.8. The Balaban J connectivity index is 1.47. The van der Waals surface area contributed by atoms with Gasteiger partial charge in [-0.25, -0.2) is 4.98 Å². The molecule has 5 rings (SSSR count). The van der Waals surface area contributed by atoms with Crippen molar-refractivity contribution in [3.05, 3.63) is 68.5 Å². The number of anilines is 1. The summed E-state index contributed by atoms with van der Waals surface area (Å²) >= 11 is 6.68. The fourth-order valence-corrected chi connectivity index (χ4v) is 5.17. The van der Waals surface area contributed by atoms with Gasteiger partial charge >= 0.3 is 0 Å². The van der Waals surface area contributed by atoms with Crippen molar-refractivity contribution in [3.63, 3.8) is 0 Å². The molecule has 2 aliphatic rings. The van der Waals surface area contributed by atoms with Crippen LogP contribution in [-0.2, 0) is 16.1 Å². The Morgan fingerprint density at radius 3 is 2.89 bits per heavy atom. The van der Waals surface area contributed by atoms with Crippen LogP contribution < -0.4 is 20.3 Å². The van der Waals surface area contributed by atoms with Crippen LogP contribution in [0.2, 0.25) is 0 Å². The average Bonchev–Trinajstić information content (AvgIpc) is 3.44. The number of nitrogens with zero attached hydrogens (tertiary/aromatic N) is 3. The molecule has 0 radical (unpaired) electrons. The first-order valence-corrected chi connectivity index (χ1v) is 12.6. The lowest BCUT2D eigenvalue weighted by Crippen LogP contribution is -2.27. The minimum absolute atomic E-state index is 0.180. The van der Waals surface area contributed by atoms with Gasteiger partial charge in [-0.3, -0.25) is 18.9 Å². The van der Waals surface area contributed by atoms with Gasteiger partial charge in [-0.15, -0.1) is 0 Å². The smallest absolute Gasteiger partial charge is 0.267 e. The number of hydrogen-bond acceptors (Lipinski definition) is 9. The number of pyridine rings is 1. The highest BCUT2D eigenvalue weighted by Crippen LogP contribution is 2.36. The Morgan fingerprint density at radius 2 is 2.06 bits per heavy atom. The van der Waals surface area contributed by atoms with Crippen molar-refractivity contribution in [2.45, 2.75) is 19.9 Å². The molecule has 9 nitrogen and oxygen atoms in total. The van der Waals surface area contributed by atoms with Crippen LogP contribution in [0.25, 0.3) is 11.7 Å². The maximum atomic E-state index is 13.5. The second-order valence-electron chi connectivity index (χ2n) is 8.34. The number of benzene rings is 1. The summed E-state index contributed by atoms with van der Waals surface area (Å²) in [6, 6.07) is 9.23. The summed E-state index contributed by atoms with van der Waals surface area (Å²) in [5.41, 5.74) is 2.35. The lowest BCUT2D eigenvalue weighted by Gasteiger charge is -2.15. The van der Waals surface area contributed by atoms with Gasteiger partial charge in [0.1, 0.15) is 15.8 Å². The van der Waals surface area contributed by atoms with E-state index >= 15 is 0 Å². The zero-order valence-corrected chi connectivity index (χ0v) is 21.4. The zero-order valence-electron chi connectivity index (χ0n) is 19.8. The number of methoxy groups -OCH3 is 1. The van der Waals surface area contributed by atoms with Gasteiger partial charge in [-0.1, -0.05) is 36.1 Å². The quantitative estimate of drug-likeness (QED) is 0.270. The predicted molar refractivity (Wildman–Crippen MR) is 142 cm³/mol. The molecule has 1 N–H and O–H groups in total. The van der Waals surface area contributed by atoms with Crippen molar-refractivity contribution in [1.29, 1.82) is 0 Å². The average molecular weight is 525 g/mol. The minimum atomic E-state index is -0.265. The Hall–Kier alpha value is -3.41. The molecule has 0 atom stereocenters. The fraction of sp³-hybridized carbons (Fsp3) is 0.280. The topological polar surface area (TPSA) is 94.4 Å². The van der Waals surface area contributed by atoms with E-state index < -0.39 is 0 Å². The highest BCUT2D eigenvalue weighted by atomic mass is 32.2. The predicted octanol–water partition coefficient (Wildman–Crippen LogP) is 3.58. The number of thiocarbonyl (C=S) groups is 1. The Labute approximate surface area is 217 Å². The van der Waals surface area contributed by atoms with Gasteiger partial charge < -0.3 is 19.5 Å². The van der Waals surface area contributed by atoms with E-state index in [4.69, 9.17) is 26.4 Å². The van der Waals surface area contributed by atoms with E-state index in [-0.39, 0.29) is 24.8 Å². The Kier molecular flexibility index (Phi) is 6.95. The van der Waals surface area contributed by atoms with Crippen LogP contribution in [0.3, 0.4) is 0 Å². The maximum absolute atomic E-state index is 13.5. The van der Waals surface area contributed by atoms with Gasteiger partial charge in [0.15, 0.2) is 11.5 Å². The van der Waals surface area contributed by atoms with Crippen LogP contribution >= 0.6 is 24.0 Å². The number of carbonyl (C=O) groups is 1. The van der Waals surface area contributed by atoms with Crippen molar-refractivity contribution in [2.24, 2.45) is 0 Å². The summed E-state index contributed by atoms with van der Waals surface area (Å²) in [4.78, 5) is 33.3. The van der Waals surface area contributed by atoms with Crippen molar-refractivity contribution < 1.29 is 19.0 Å². The van der Waals surface area contributed by atoms with Crippen LogP contribution in [0.15, 0.2) is 46.2 Å². The number of hydrogen-bond donors (Lipinski definition) is 1. The lowest BCUT2D eigenvalue weighted by atomic mass is 10.2. The molecular weight excluding hydrogens is 500 g/mol. The highest BCUT2D eigenvalue weighted by Gasteiger charge is 2.33. The third-order valence-corrected chi connectivity index (χ3v) is 7.13. The van der Waals surface area contributed by atoms with Crippen molar-refractivity contribution >= 4 is 51.7 Å². The van der Waals surface area contributed by atoms with Gasteiger partial charge in [0, 0.05) is 26.5 Å². The molecule has 186 valence electrons. The third-order valence-electron chi connectivity index (χ3n) is 5.75. The zero-order chi connectivity index (χ0) is 25.2. The lowest BCUT2D eigenvalue weighted by molar-refractivity contribution is -0.122. The molecule has 1 saturated heterocycles. The normalized spacial score (nSPS) is 15.9. The number of fused-ring (bicyclic) bond motifs is 2. The largest absolute Gasteiger partial charge is 0.454 e. The van der Waals surface area contributed by atoms with E-state index in [9.17, 15) is 9.59 Å². The van der Waals surface area contributed by atoms with Gasteiger partial charge in [-0.2, -0.15) is 0 Å². The second kappa shape index (κ2) is 10.3. The number of rotatable bonds is 8. The number of carbonyl (C=O) groups excluding carboxylic acids is 1. The van der Waals surface area contributed by atoms with Gasteiger partial charge in [0.05, 0.1) is 17.0 Å². The summed E-state index contributed by atoms with van der Waals surface area (Å²) in [6.07, 6.45) is 4.06. The monoisotopic (exact) mass is 524 g/mol. The number of amides is 1. The minimum Gasteiger partial charge on any atom is -0.454 e. The summed E-state index contributed by atoms with van der Waals surface area (Å²) in [7, 11) is 1.64. The van der Waals surface area contributed by atoms with Crippen LogP contribution in [-0.4, -0.2) is 51.6 Å². The second-order valence-corrected chi connectivity index (χ2v) is 10.0. The number of nitrogens with one attached hydrogen (secondary N) is 1. The molecule has 0 aliphatic carbocycles. The molecule has 0 saturated carbocycles. The molecular formula is C25H24N4O5S2. The van der Waals surface area contributed by atoms with Gasteiger partial charge in [0.2, 0.25) is 6.79 Å². The van der Waals surface area contributed by atoms with E-state index in [1.807, 2.05) is 31.2 Å². The SMILES string of the molecule is COCCCNc1nc2ccc(C)cn2c(=O)c1/C=C1\SC(=S)N(Cc2ccc3c(c2)OCO3)C1=O. The number of aromatic nitrogens is 2. The molecule has 1 amide bonds. The Bertz CT molecular complexity index is 1450. The molecule has 36 heavy (non-hydrogen) atoms. The van der Waals surface area contributed by atoms with Gasteiger partial charge in [-0.05, 0) is 48.7 Å². The molecule has 3 aromatic rings. The Morgan fingerprint density at radius 1 is 1.22 bits per heavy atom. The van der Waals surface area contributed by atoms with Crippen molar-refractivity contribution in [2.75, 3.05) is 32.4 Å². The van der Waals surface area contributed by atoms with E-state index in [2.05, 4.69) is 10.3 Å². The standard InChI is InChI=1S/C25H24N4O5S2/c1-15-4-7-21-27-22(26-8-3-9-32-2)17(23(30)28(21)12-15)11-20-24(31)29(25(35)36-20)13-16-5-6-18-19(10-16)34-14-33-18/h4-7,10-12,26H,3,8-9,13-14H2,1-2H3/b20-11-. The van der Waals surface area contributed by atoms with Crippen LogP contribution in [0, 0.1) is 6.92 Å². The number of aryl methyl sites for hydroxylation is 1. The summed E-state index contributed by atoms with van der Waals surface area (Å²) in [5, 5.41) is 3.23. The van der Waals surface area contributed by atoms with Crippen molar-refractivity contribution in [3.8, 4) is 11.5 Å². The van der Waals surface area contributed by atoms with E-state index in [1.165, 1.54) is 21.1 Å². The van der Waals surface area contributed by atoms with Crippen molar-refractivity contribution in [1.82, 2.24) is 14.3 Å². The first-order chi connectivity index (χ1) is 17.4. The van der Waals surface area contributed by atoms with Crippen LogP contribution in [0.5, 0.6) is 11.5 Å². The molecule has 2 aromatic heterocycles. The van der Waals surface area contributed by atoms with Crippen LogP contribution in [0.1, 0.15) is 23.1 Å². The molecule has 2 aliphatic heterocycles. The molecule has 0 unspecified atom stereocenters. The maximum Gasteiger partial charge on any atom is 0.267 e. The van der Waals surface area contributed by atoms with E-state index in [1.54, 1.807) is 25.4 Å². The highest BCUT2D eigenvalue weighted by molar-refractivity contribution is 8.26. The molecule has 0 bridgehead atoms. The molecule has 1 fully saturated rings. The van der Waals surface area contributed by atoms with E-state index in [0.29, 0.717) is 50.9 Å². The van der Waals surface area contributed by atoms with E-state index in [0.717, 1.165) is 17.5 Å². The first-order valence-electron chi connectivity index (χ1n) is 11.3. The molecule has 11 heteroatoms. The molecule has 0 spiro atoms. The summed E-state index contributed by atoms with van der Waals surface area (Å²) in [6.45, 7) is 3.51. The first kappa shape index (κ1) is 24.3. The van der Waals surface area contributed by atoms with Crippen LogP contribution in [0.4, 0.5) is 5.82 Å². The number of ether oxygens (including phenoxy) is 3. The molecule has 1 aromatic carbocycles.